The third kappa shape index (κ3) is 3.80. The summed E-state index contributed by atoms with van der Waals surface area (Å²) < 4.78 is 21.9. The monoisotopic (exact) mass is 262 g/mol. The van der Waals surface area contributed by atoms with Gasteiger partial charge >= 0.3 is 0 Å². The molecule has 0 aliphatic rings. The molecule has 7 heteroatoms. The molecule has 16 heavy (non-hydrogen) atoms. The van der Waals surface area contributed by atoms with Gasteiger partial charge in [-0.25, -0.2) is 13.6 Å². The number of alkyl halides is 1. The van der Waals surface area contributed by atoms with Gasteiger partial charge in [-0.3, -0.25) is 4.79 Å². The van der Waals surface area contributed by atoms with E-state index in [1.807, 2.05) is 0 Å². The van der Waals surface area contributed by atoms with Gasteiger partial charge < -0.3 is 5.32 Å². The fourth-order valence-corrected chi connectivity index (χ4v) is 1.65. The molecule has 1 aromatic carbocycles. The molecule has 1 amide bonds. The molecule has 0 saturated heterocycles. The van der Waals surface area contributed by atoms with Gasteiger partial charge in [0.25, 0.3) is 0 Å². The highest BCUT2D eigenvalue weighted by molar-refractivity contribution is 7.89. The fourth-order valence-electron chi connectivity index (χ4n) is 1.04. The second-order valence-electron chi connectivity index (χ2n) is 3.10. The van der Waals surface area contributed by atoms with Crippen molar-refractivity contribution in [1.82, 2.24) is 5.32 Å². The Morgan fingerprint density at radius 1 is 1.31 bits per heavy atom. The molecule has 0 unspecified atom stereocenters. The molecule has 3 N–H and O–H groups in total. The molecule has 0 heterocycles. The predicted molar refractivity (Wildman–Crippen MR) is 60.4 cm³/mol. The van der Waals surface area contributed by atoms with Crippen molar-refractivity contribution in [3.05, 3.63) is 29.8 Å². The van der Waals surface area contributed by atoms with Crippen molar-refractivity contribution in [1.29, 1.82) is 0 Å². The maximum atomic E-state index is 10.9. The van der Waals surface area contributed by atoms with Gasteiger partial charge in [0.15, 0.2) is 0 Å². The largest absolute Gasteiger partial charge is 0.351 e. The number of benzene rings is 1. The minimum Gasteiger partial charge on any atom is -0.351 e. The van der Waals surface area contributed by atoms with Gasteiger partial charge in [0.2, 0.25) is 15.9 Å². The van der Waals surface area contributed by atoms with Gasteiger partial charge in [-0.2, -0.15) is 0 Å². The van der Waals surface area contributed by atoms with Crippen LogP contribution in [0.5, 0.6) is 0 Å². The van der Waals surface area contributed by atoms with Crippen LogP contribution in [-0.2, 0) is 21.4 Å². The van der Waals surface area contributed by atoms with E-state index < -0.39 is 10.0 Å². The van der Waals surface area contributed by atoms with Crippen LogP contribution in [0.15, 0.2) is 29.2 Å². The summed E-state index contributed by atoms with van der Waals surface area (Å²) in [5.41, 5.74) is 0.769. The molecule has 1 aromatic rings. The van der Waals surface area contributed by atoms with Gasteiger partial charge in [0.05, 0.1) is 4.90 Å². The lowest BCUT2D eigenvalue weighted by Crippen LogP contribution is -2.23. The molecule has 0 aliphatic carbocycles. The van der Waals surface area contributed by atoms with Crippen molar-refractivity contribution in [2.45, 2.75) is 11.4 Å². The summed E-state index contributed by atoms with van der Waals surface area (Å²) in [5.74, 6) is -0.382. The average molecular weight is 263 g/mol. The van der Waals surface area contributed by atoms with E-state index in [-0.39, 0.29) is 16.7 Å². The Balaban J connectivity index is 2.69. The smallest absolute Gasteiger partial charge is 0.238 e. The van der Waals surface area contributed by atoms with Gasteiger partial charge in [-0.15, -0.1) is 11.6 Å². The van der Waals surface area contributed by atoms with Crippen LogP contribution in [0.3, 0.4) is 0 Å². The minimum atomic E-state index is -3.66. The van der Waals surface area contributed by atoms with Crippen molar-refractivity contribution in [2.75, 3.05) is 5.88 Å². The van der Waals surface area contributed by atoms with Gasteiger partial charge in [-0.1, -0.05) is 12.1 Å². The maximum absolute atomic E-state index is 10.9. The van der Waals surface area contributed by atoms with Crippen LogP contribution >= 0.6 is 11.6 Å². The first-order chi connectivity index (χ1) is 7.43. The van der Waals surface area contributed by atoms with Crippen LogP contribution < -0.4 is 10.5 Å². The highest BCUT2D eigenvalue weighted by atomic mass is 35.5. The lowest BCUT2D eigenvalue weighted by Gasteiger charge is -2.04. The molecule has 88 valence electrons. The zero-order valence-corrected chi connectivity index (χ0v) is 9.88. The second kappa shape index (κ2) is 5.29. The molecular weight excluding hydrogens is 252 g/mol. The zero-order valence-electron chi connectivity index (χ0n) is 8.31. The number of rotatable bonds is 4. The molecule has 1 rings (SSSR count). The number of primary sulfonamides is 1. The molecular formula is C9H11ClN2O3S. The molecule has 0 aromatic heterocycles. The SMILES string of the molecule is NS(=O)(=O)c1ccc(CNC(=O)CCl)cc1. The number of hydrogen-bond donors (Lipinski definition) is 2. The van der Waals surface area contributed by atoms with Crippen LogP contribution in [-0.4, -0.2) is 20.2 Å². The Kier molecular flexibility index (Phi) is 4.28. The minimum absolute atomic E-state index is 0.0416. The van der Waals surface area contributed by atoms with E-state index in [1.54, 1.807) is 12.1 Å². The van der Waals surface area contributed by atoms with E-state index in [0.29, 0.717) is 6.54 Å². The molecule has 0 atom stereocenters. The highest BCUT2D eigenvalue weighted by Crippen LogP contribution is 2.08. The standard InChI is InChI=1S/C9H11ClN2O3S/c10-5-9(13)12-6-7-1-3-8(4-2-7)16(11,14)15/h1-4H,5-6H2,(H,12,13)(H2,11,14,15). The van der Waals surface area contributed by atoms with Crippen molar-refractivity contribution < 1.29 is 13.2 Å². The van der Waals surface area contributed by atoms with Gasteiger partial charge in [-0.05, 0) is 17.7 Å². The Hall–Kier alpha value is -1.11. The first-order valence-electron chi connectivity index (χ1n) is 4.38. The number of nitrogens with one attached hydrogen (secondary N) is 1. The number of carbonyl (C=O) groups is 1. The number of halogens is 1. The Morgan fingerprint density at radius 2 is 1.88 bits per heavy atom. The predicted octanol–water partition coefficient (Wildman–Crippen LogP) is 0.189. The number of carbonyl (C=O) groups excluding carboxylic acids is 1. The summed E-state index contributed by atoms with van der Waals surface area (Å²) in [4.78, 5) is 10.9. The summed E-state index contributed by atoms with van der Waals surface area (Å²) in [6, 6.07) is 5.93. The van der Waals surface area contributed by atoms with E-state index in [0.717, 1.165) is 5.56 Å². The molecule has 0 bridgehead atoms. The third-order valence-corrected chi connectivity index (χ3v) is 3.03. The van der Waals surface area contributed by atoms with Crippen LogP contribution in [0, 0.1) is 0 Å². The first kappa shape index (κ1) is 13.0. The van der Waals surface area contributed by atoms with Crippen LogP contribution in [0.2, 0.25) is 0 Å². The number of nitrogens with two attached hydrogens (primary N) is 1. The second-order valence-corrected chi connectivity index (χ2v) is 4.93. The number of hydrogen-bond acceptors (Lipinski definition) is 3. The van der Waals surface area contributed by atoms with Crippen LogP contribution in [0.4, 0.5) is 0 Å². The number of sulfonamides is 1. The van der Waals surface area contributed by atoms with Gasteiger partial charge in [0.1, 0.15) is 5.88 Å². The normalized spacial score (nSPS) is 11.1. The van der Waals surface area contributed by atoms with E-state index in [4.69, 9.17) is 16.7 Å². The third-order valence-electron chi connectivity index (χ3n) is 1.86. The van der Waals surface area contributed by atoms with E-state index in [1.165, 1.54) is 12.1 Å². The number of amides is 1. The summed E-state index contributed by atoms with van der Waals surface area (Å²) in [6.07, 6.45) is 0. The maximum Gasteiger partial charge on any atom is 0.238 e. The summed E-state index contributed by atoms with van der Waals surface area (Å²) in [7, 11) is -3.66. The Labute approximate surface area is 98.6 Å². The first-order valence-corrected chi connectivity index (χ1v) is 6.46. The van der Waals surface area contributed by atoms with E-state index >= 15 is 0 Å². The fraction of sp³-hybridized carbons (Fsp3) is 0.222. The molecule has 0 saturated carbocycles. The average Bonchev–Trinajstić information content (AvgIpc) is 2.25. The topological polar surface area (TPSA) is 89.3 Å². The summed E-state index contributed by atoms with van der Waals surface area (Å²) >= 11 is 5.30. The lowest BCUT2D eigenvalue weighted by atomic mass is 10.2. The van der Waals surface area contributed by atoms with Gasteiger partial charge in [0, 0.05) is 6.54 Å². The molecule has 0 fully saturated rings. The summed E-state index contributed by atoms with van der Waals surface area (Å²) in [5, 5.41) is 7.49. The van der Waals surface area contributed by atoms with E-state index in [2.05, 4.69) is 5.32 Å². The lowest BCUT2D eigenvalue weighted by molar-refractivity contribution is -0.118. The quantitative estimate of drug-likeness (QED) is 0.759. The van der Waals surface area contributed by atoms with Crippen molar-refractivity contribution >= 4 is 27.5 Å². The van der Waals surface area contributed by atoms with Crippen LogP contribution in [0.1, 0.15) is 5.56 Å². The molecule has 0 aliphatic heterocycles. The molecule has 0 radical (unpaired) electrons. The van der Waals surface area contributed by atoms with Crippen LogP contribution in [0.25, 0.3) is 0 Å². The molecule has 5 nitrogen and oxygen atoms in total. The van der Waals surface area contributed by atoms with Crippen molar-refractivity contribution in [3.63, 3.8) is 0 Å². The van der Waals surface area contributed by atoms with Crippen molar-refractivity contribution in [3.8, 4) is 0 Å². The highest BCUT2D eigenvalue weighted by Gasteiger charge is 2.06. The summed E-state index contributed by atoms with van der Waals surface area (Å²) in [6.45, 7) is 0.302. The van der Waals surface area contributed by atoms with Crippen molar-refractivity contribution in [2.24, 2.45) is 5.14 Å². The Bertz CT molecular complexity index is 470. The van der Waals surface area contributed by atoms with E-state index in [9.17, 15) is 13.2 Å². The Morgan fingerprint density at radius 3 is 2.31 bits per heavy atom. The molecule has 0 spiro atoms. The zero-order chi connectivity index (χ0) is 12.2.